The Kier molecular flexibility index (Phi) is 3.20. The second kappa shape index (κ2) is 4.61. The van der Waals surface area contributed by atoms with Crippen molar-refractivity contribution in [1.82, 2.24) is 0 Å². The van der Waals surface area contributed by atoms with E-state index < -0.39 is 0 Å². The van der Waals surface area contributed by atoms with Gasteiger partial charge in [-0.25, -0.2) is 0 Å². The van der Waals surface area contributed by atoms with E-state index in [-0.39, 0.29) is 0 Å². The normalized spacial score (nSPS) is 34.5. The Balaban J connectivity index is 1.82. The monoisotopic (exact) mass is 178 g/mol. The third-order valence-corrected chi connectivity index (χ3v) is 2.78. The van der Waals surface area contributed by atoms with Crippen molar-refractivity contribution in [2.24, 2.45) is 0 Å². The van der Waals surface area contributed by atoms with E-state index in [2.05, 4.69) is 24.3 Å². The van der Waals surface area contributed by atoms with Crippen LogP contribution in [0.4, 0.5) is 0 Å². The van der Waals surface area contributed by atoms with Crippen LogP contribution in [0.25, 0.3) is 0 Å². The lowest BCUT2D eigenvalue weighted by Gasteiger charge is -1.98. The highest BCUT2D eigenvalue weighted by Crippen LogP contribution is 2.28. The van der Waals surface area contributed by atoms with Crippen LogP contribution in [-0.2, 0) is 4.74 Å². The summed E-state index contributed by atoms with van der Waals surface area (Å²) in [5, 5.41) is 0. The zero-order valence-electron chi connectivity index (χ0n) is 8.11. The van der Waals surface area contributed by atoms with Gasteiger partial charge in [0.25, 0.3) is 0 Å². The summed E-state index contributed by atoms with van der Waals surface area (Å²) >= 11 is 0. The molecule has 2 rings (SSSR count). The number of fused-ring (bicyclic) bond motifs is 1. The molecule has 1 saturated heterocycles. The first-order valence-corrected chi connectivity index (χ1v) is 5.45. The van der Waals surface area contributed by atoms with Crippen molar-refractivity contribution < 1.29 is 4.74 Å². The lowest BCUT2D eigenvalue weighted by atomic mass is 10.1. The van der Waals surface area contributed by atoms with Gasteiger partial charge in [0, 0.05) is 0 Å². The third-order valence-electron chi connectivity index (χ3n) is 2.78. The maximum Gasteiger partial charge on any atom is 0.103 e. The van der Waals surface area contributed by atoms with E-state index >= 15 is 0 Å². The van der Waals surface area contributed by atoms with Crippen molar-refractivity contribution in [2.45, 2.75) is 50.7 Å². The van der Waals surface area contributed by atoms with Crippen molar-refractivity contribution in [3.05, 3.63) is 24.3 Å². The molecule has 0 bridgehead atoms. The Labute approximate surface area is 80.5 Å². The van der Waals surface area contributed by atoms with Crippen LogP contribution in [0.15, 0.2) is 24.3 Å². The number of hydrogen-bond donors (Lipinski definition) is 0. The zero-order valence-corrected chi connectivity index (χ0v) is 8.11. The van der Waals surface area contributed by atoms with E-state index in [0.29, 0.717) is 12.2 Å². The van der Waals surface area contributed by atoms with Gasteiger partial charge in [-0.3, -0.25) is 0 Å². The van der Waals surface area contributed by atoms with Crippen molar-refractivity contribution in [2.75, 3.05) is 0 Å². The van der Waals surface area contributed by atoms with Crippen LogP contribution in [0.3, 0.4) is 0 Å². The first-order valence-electron chi connectivity index (χ1n) is 5.45. The number of epoxide rings is 1. The molecular formula is C12H18O. The molecule has 1 heterocycles. The molecule has 0 saturated carbocycles. The minimum atomic E-state index is 0.434. The summed E-state index contributed by atoms with van der Waals surface area (Å²) in [6.45, 7) is 0. The highest BCUT2D eigenvalue weighted by atomic mass is 16.6. The van der Waals surface area contributed by atoms with Crippen LogP contribution in [0, 0.1) is 0 Å². The van der Waals surface area contributed by atoms with Gasteiger partial charge in [0.2, 0.25) is 0 Å². The van der Waals surface area contributed by atoms with Crippen molar-refractivity contribution in [1.29, 1.82) is 0 Å². The van der Waals surface area contributed by atoms with Gasteiger partial charge in [0.05, 0.1) is 6.10 Å². The summed E-state index contributed by atoms with van der Waals surface area (Å²) in [4.78, 5) is 0. The molecule has 1 aliphatic carbocycles. The molecule has 0 aromatic carbocycles. The minimum absolute atomic E-state index is 0.434. The van der Waals surface area contributed by atoms with Crippen LogP contribution in [0.5, 0.6) is 0 Å². The van der Waals surface area contributed by atoms with Crippen LogP contribution in [-0.4, -0.2) is 12.2 Å². The Morgan fingerprint density at radius 1 is 1.00 bits per heavy atom. The molecule has 2 unspecified atom stereocenters. The van der Waals surface area contributed by atoms with Gasteiger partial charge in [-0.2, -0.15) is 0 Å². The van der Waals surface area contributed by atoms with Gasteiger partial charge in [-0.05, 0) is 19.3 Å². The molecule has 2 aliphatic rings. The first-order chi connectivity index (χ1) is 6.47. The van der Waals surface area contributed by atoms with E-state index in [1.807, 2.05) is 0 Å². The summed E-state index contributed by atoms with van der Waals surface area (Å²) in [6, 6.07) is 0. The molecule has 0 spiro atoms. The molecule has 0 N–H and O–H groups in total. The maximum atomic E-state index is 5.51. The SMILES string of the molecule is C1=CCCCCCCC2OC2C=C1. The number of hydrogen-bond acceptors (Lipinski definition) is 1. The topological polar surface area (TPSA) is 12.5 Å². The summed E-state index contributed by atoms with van der Waals surface area (Å²) in [5.41, 5.74) is 0. The van der Waals surface area contributed by atoms with E-state index in [0.717, 1.165) is 0 Å². The summed E-state index contributed by atoms with van der Waals surface area (Å²) in [6.07, 6.45) is 17.7. The second-order valence-electron chi connectivity index (χ2n) is 3.94. The molecule has 0 amide bonds. The average molecular weight is 178 g/mol. The average Bonchev–Trinajstić information content (AvgIpc) is 2.83. The molecular weight excluding hydrogens is 160 g/mol. The van der Waals surface area contributed by atoms with Crippen LogP contribution in [0.2, 0.25) is 0 Å². The molecule has 1 aliphatic heterocycles. The smallest absolute Gasteiger partial charge is 0.103 e. The van der Waals surface area contributed by atoms with Crippen molar-refractivity contribution in [3.63, 3.8) is 0 Å². The molecule has 0 aromatic rings. The molecule has 13 heavy (non-hydrogen) atoms. The van der Waals surface area contributed by atoms with Gasteiger partial charge in [0.15, 0.2) is 0 Å². The highest BCUT2D eigenvalue weighted by molar-refractivity contribution is 5.10. The Hall–Kier alpha value is -0.560. The van der Waals surface area contributed by atoms with Gasteiger partial charge < -0.3 is 4.74 Å². The number of ether oxygens (including phenoxy) is 1. The Bertz CT molecular complexity index is 205. The molecule has 1 fully saturated rings. The molecule has 2 atom stereocenters. The summed E-state index contributed by atoms with van der Waals surface area (Å²) in [5.74, 6) is 0. The fraction of sp³-hybridized carbons (Fsp3) is 0.667. The standard InChI is InChI=1S/C12H18O/c1-2-4-6-8-10-12-11(13-12)9-7-5-3-1/h3,5,7,9,11-12H,1-2,4,6,8,10H2. The number of rotatable bonds is 0. The lowest BCUT2D eigenvalue weighted by molar-refractivity contribution is 0.373. The van der Waals surface area contributed by atoms with Gasteiger partial charge in [0.1, 0.15) is 6.10 Å². The van der Waals surface area contributed by atoms with E-state index in [4.69, 9.17) is 4.74 Å². The van der Waals surface area contributed by atoms with Gasteiger partial charge in [-0.15, -0.1) is 0 Å². The van der Waals surface area contributed by atoms with Crippen LogP contribution < -0.4 is 0 Å². The summed E-state index contributed by atoms with van der Waals surface area (Å²) < 4.78 is 5.51. The largest absolute Gasteiger partial charge is 0.365 e. The molecule has 0 aromatic heterocycles. The van der Waals surface area contributed by atoms with Crippen molar-refractivity contribution in [3.8, 4) is 0 Å². The fourth-order valence-corrected chi connectivity index (χ4v) is 1.87. The van der Waals surface area contributed by atoms with E-state index in [1.165, 1.54) is 38.5 Å². The predicted octanol–water partition coefficient (Wildman–Crippen LogP) is 3.22. The third kappa shape index (κ3) is 3.00. The first kappa shape index (κ1) is 9.01. The van der Waals surface area contributed by atoms with E-state index in [1.54, 1.807) is 0 Å². The lowest BCUT2D eigenvalue weighted by Crippen LogP contribution is -1.91. The minimum Gasteiger partial charge on any atom is -0.365 e. The number of allylic oxidation sites excluding steroid dienone is 3. The maximum absolute atomic E-state index is 5.51. The quantitative estimate of drug-likeness (QED) is 0.519. The zero-order chi connectivity index (χ0) is 8.93. The van der Waals surface area contributed by atoms with Gasteiger partial charge in [-0.1, -0.05) is 43.6 Å². The molecule has 0 radical (unpaired) electrons. The second-order valence-corrected chi connectivity index (χ2v) is 3.94. The van der Waals surface area contributed by atoms with Crippen molar-refractivity contribution >= 4 is 0 Å². The van der Waals surface area contributed by atoms with Gasteiger partial charge >= 0.3 is 0 Å². The Morgan fingerprint density at radius 3 is 2.92 bits per heavy atom. The molecule has 1 heteroatoms. The highest BCUT2D eigenvalue weighted by Gasteiger charge is 2.35. The molecule has 1 nitrogen and oxygen atoms in total. The predicted molar refractivity (Wildman–Crippen MR) is 54.6 cm³/mol. The summed E-state index contributed by atoms with van der Waals surface area (Å²) in [7, 11) is 0. The van der Waals surface area contributed by atoms with Crippen LogP contribution in [0.1, 0.15) is 38.5 Å². The van der Waals surface area contributed by atoms with E-state index in [9.17, 15) is 0 Å². The Morgan fingerprint density at radius 2 is 1.92 bits per heavy atom. The fourth-order valence-electron chi connectivity index (χ4n) is 1.87. The van der Waals surface area contributed by atoms with Crippen LogP contribution >= 0.6 is 0 Å². The molecule has 72 valence electrons.